The molecule has 0 aromatic heterocycles. The quantitative estimate of drug-likeness (QED) is 0.705. The molecule has 1 fully saturated rings. The summed E-state index contributed by atoms with van der Waals surface area (Å²) in [4.78, 5) is 0.193. The first kappa shape index (κ1) is 13.9. The molecular weight excluding hydrogens is 273 g/mol. The lowest BCUT2D eigenvalue weighted by atomic mass is 9.81. The van der Waals surface area contributed by atoms with Crippen LogP contribution in [0, 0.1) is 0 Å². The first-order valence-corrected chi connectivity index (χ1v) is 8.15. The zero-order chi connectivity index (χ0) is 13.2. The van der Waals surface area contributed by atoms with Gasteiger partial charge in [-0.15, -0.1) is 0 Å². The van der Waals surface area contributed by atoms with Gasteiger partial charge in [0.05, 0.1) is 4.90 Å². The third-order valence-electron chi connectivity index (χ3n) is 2.79. The maximum Gasteiger partial charge on any atom is 0.488 e. The van der Waals surface area contributed by atoms with E-state index in [0.29, 0.717) is 13.1 Å². The molecule has 5 nitrogen and oxygen atoms in total. The average Bonchev–Trinajstić information content (AvgIpc) is 2.40. The molecule has 0 saturated carbocycles. The molecule has 1 heterocycles. The van der Waals surface area contributed by atoms with Gasteiger partial charge in [0, 0.05) is 24.6 Å². The third-order valence-corrected chi connectivity index (χ3v) is 5.64. The molecule has 2 N–H and O–H groups in total. The Morgan fingerprint density at radius 2 is 1.67 bits per heavy atom. The summed E-state index contributed by atoms with van der Waals surface area (Å²) >= 11 is 1.74. The molecule has 1 aliphatic rings. The predicted octanol–water partition coefficient (Wildman–Crippen LogP) is -0.896. The number of sulfonamides is 1. The SMILES string of the molecule is O=S(=O)(c1ccc(B(O)O)cc1)N1CCSCC1. The summed E-state index contributed by atoms with van der Waals surface area (Å²) in [6.07, 6.45) is 0. The fourth-order valence-electron chi connectivity index (χ4n) is 1.75. The van der Waals surface area contributed by atoms with Gasteiger partial charge >= 0.3 is 7.12 Å². The normalized spacial score (nSPS) is 17.7. The minimum absolute atomic E-state index is 0.193. The number of benzene rings is 1. The zero-order valence-electron chi connectivity index (χ0n) is 9.69. The Kier molecular flexibility index (Phi) is 4.34. The van der Waals surface area contributed by atoms with E-state index in [2.05, 4.69) is 0 Å². The summed E-state index contributed by atoms with van der Waals surface area (Å²) in [5.41, 5.74) is 0.281. The van der Waals surface area contributed by atoms with E-state index >= 15 is 0 Å². The van der Waals surface area contributed by atoms with Crippen LogP contribution >= 0.6 is 11.8 Å². The van der Waals surface area contributed by atoms with Crippen LogP contribution in [0.4, 0.5) is 0 Å². The van der Waals surface area contributed by atoms with Gasteiger partial charge in [-0.1, -0.05) is 12.1 Å². The van der Waals surface area contributed by atoms with Crippen molar-refractivity contribution in [3.8, 4) is 0 Å². The van der Waals surface area contributed by atoms with Crippen LogP contribution in [0.3, 0.4) is 0 Å². The molecule has 8 heteroatoms. The van der Waals surface area contributed by atoms with Crippen LogP contribution in [0.25, 0.3) is 0 Å². The lowest BCUT2D eigenvalue weighted by Crippen LogP contribution is -2.38. The van der Waals surface area contributed by atoms with E-state index in [0.717, 1.165) is 11.5 Å². The lowest BCUT2D eigenvalue weighted by molar-refractivity contribution is 0.425. The minimum atomic E-state index is -3.45. The Labute approximate surface area is 111 Å². The molecule has 0 atom stereocenters. The number of hydrogen-bond acceptors (Lipinski definition) is 5. The Hall–Kier alpha value is -0.535. The molecule has 1 aromatic carbocycles. The number of rotatable bonds is 3. The van der Waals surface area contributed by atoms with Gasteiger partial charge < -0.3 is 10.0 Å². The average molecular weight is 287 g/mol. The summed E-state index contributed by atoms with van der Waals surface area (Å²) in [5.74, 6) is 1.62. The van der Waals surface area contributed by atoms with Crippen LogP contribution < -0.4 is 5.46 Å². The highest BCUT2D eigenvalue weighted by Gasteiger charge is 2.26. The van der Waals surface area contributed by atoms with Crippen molar-refractivity contribution in [3.05, 3.63) is 24.3 Å². The summed E-state index contributed by atoms with van der Waals surface area (Å²) in [6, 6.07) is 5.64. The molecule has 0 aliphatic carbocycles. The molecule has 1 saturated heterocycles. The van der Waals surface area contributed by atoms with Crippen LogP contribution in [-0.4, -0.2) is 54.5 Å². The van der Waals surface area contributed by atoms with Crippen LogP contribution in [0.15, 0.2) is 29.2 Å². The second-order valence-corrected chi connectivity index (χ2v) is 7.12. The summed E-state index contributed by atoms with van der Waals surface area (Å²) in [5, 5.41) is 17.9. The van der Waals surface area contributed by atoms with E-state index in [1.165, 1.54) is 28.6 Å². The van der Waals surface area contributed by atoms with E-state index in [9.17, 15) is 8.42 Å². The Morgan fingerprint density at radius 3 is 2.17 bits per heavy atom. The fraction of sp³-hybridized carbons (Fsp3) is 0.400. The Bertz CT molecular complexity index is 497. The molecule has 1 aromatic rings. The first-order valence-electron chi connectivity index (χ1n) is 5.56. The molecule has 0 amide bonds. The Balaban J connectivity index is 2.23. The van der Waals surface area contributed by atoms with Crippen molar-refractivity contribution in [3.63, 3.8) is 0 Å². The highest BCUT2D eigenvalue weighted by molar-refractivity contribution is 7.99. The van der Waals surface area contributed by atoms with Gasteiger partial charge in [-0.3, -0.25) is 0 Å². The van der Waals surface area contributed by atoms with Crippen LogP contribution in [0.2, 0.25) is 0 Å². The topological polar surface area (TPSA) is 77.8 Å². The highest BCUT2D eigenvalue weighted by Crippen LogP contribution is 2.19. The zero-order valence-corrected chi connectivity index (χ0v) is 11.3. The van der Waals surface area contributed by atoms with Gasteiger partial charge in [0.15, 0.2) is 0 Å². The van der Waals surface area contributed by atoms with E-state index < -0.39 is 17.1 Å². The van der Waals surface area contributed by atoms with E-state index in [1.807, 2.05) is 0 Å². The van der Waals surface area contributed by atoms with Crippen molar-refractivity contribution in [2.75, 3.05) is 24.6 Å². The van der Waals surface area contributed by atoms with Gasteiger partial charge in [0.1, 0.15) is 0 Å². The molecular formula is C10H14BNO4S2. The molecule has 1 aliphatic heterocycles. The van der Waals surface area contributed by atoms with E-state index in [1.54, 1.807) is 11.8 Å². The largest absolute Gasteiger partial charge is 0.488 e. The van der Waals surface area contributed by atoms with Gasteiger partial charge in [-0.05, 0) is 17.6 Å². The van der Waals surface area contributed by atoms with Crippen LogP contribution in [0.5, 0.6) is 0 Å². The third kappa shape index (κ3) is 2.89. The summed E-state index contributed by atoms with van der Waals surface area (Å²) in [6.45, 7) is 1.05. The Morgan fingerprint density at radius 1 is 1.11 bits per heavy atom. The van der Waals surface area contributed by atoms with Gasteiger partial charge in [-0.25, -0.2) is 8.42 Å². The van der Waals surface area contributed by atoms with Gasteiger partial charge in [0.2, 0.25) is 10.0 Å². The molecule has 0 bridgehead atoms. The fourth-order valence-corrected chi connectivity index (χ4v) is 4.32. The van der Waals surface area contributed by atoms with Gasteiger partial charge in [-0.2, -0.15) is 16.1 Å². The van der Waals surface area contributed by atoms with Crippen molar-refractivity contribution in [1.82, 2.24) is 4.31 Å². The first-order chi connectivity index (χ1) is 8.51. The monoisotopic (exact) mass is 287 g/mol. The maximum atomic E-state index is 12.3. The van der Waals surface area contributed by atoms with Crippen molar-refractivity contribution in [2.24, 2.45) is 0 Å². The van der Waals surface area contributed by atoms with Crippen LogP contribution in [-0.2, 0) is 10.0 Å². The molecule has 0 radical (unpaired) electrons. The number of thioether (sulfide) groups is 1. The maximum absolute atomic E-state index is 12.3. The summed E-state index contributed by atoms with van der Waals surface area (Å²) < 4.78 is 26.0. The van der Waals surface area contributed by atoms with Crippen molar-refractivity contribution in [2.45, 2.75) is 4.90 Å². The minimum Gasteiger partial charge on any atom is -0.423 e. The predicted molar refractivity (Wildman–Crippen MR) is 72.4 cm³/mol. The summed E-state index contributed by atoms with van der Waals surface area (Å²) in [7, 11) is -5.02. The van der Waals surface area contributed by atoms with Gasteiger partial charge in [0.25, 0.3) is 0 Å². The standard InChI is InChI=1S/C10H14BNO4S2/c13-11(14)9-1-3-10(4-2-9)18(15,16)12-5-7-17-8-6-12/h1-4,13-14H,5-8H2. The lowest BCUT2D eigenvalue weighted by Gasteiger charge is -2.25. The van der Waals surface area contributed by atoms with E-state index in [4.69, 9.17) is 10.0 Å². The van der Waals surface area contributed by atoms with E-state index in [-0.39, 0.29) is 10.4 Å². The van der Waals surface area contributed by atoms with Crippen molar-refractivity contribution in [1.29, 1.82) is 0 Å². The number of nitrogens with zero attached hydrogens (tertiary/aromatic N) is 1. The van der Waals surface area contributed by atoms with Crippen molar-refractivity contribution >= 4 is 34.4 Å². The molecule has 98 valence electrons. The second-order valence-electron chi connectivity index (χ2n) is 3.96. The molecule has 0 unspecified atom stereocenters. The van der Waals surface area contributed by atoms with Crippen LogP contribution in [0.1, 0.15) is 0 Å². The van der Waals surface area contributed by atoms with Crippen molar-refractivity contribution < 1.29 is 18.5 Å². The number of hydrogen-bond donors (Lipinski definition) is 2. The molecule has 18 heavy (non-hydrogen) atoms. The highest BCUT2D eigenvalue weighted by atomic mass is 32.2. The molecule has 2 rings (SSSR count). The second kappa shape index (κ2) is 5.62. The smallest absolute Gasteiger partial charge is 0.423 e. The molecule has 0 spiro atoms.